The smallest absolute Gasteiger partial charge is 0.316 e. The molecule has 0 aliphatic heterocycles. The molecule has 0 amide bonds. The summed E-state index contributed by atoms with van der Waals surface area (Å²) in [6.07, 6.45) is 5.87. The summed E-state index contributed by atoms with van der Waals surface area (Å²) in [5.41, 5.74) is 2.92. The Morgan fingerprint density at radius 3 is 2.26 bits per heavy atom. The maximum Gasteiger partial charge on any atom is 0.316 e. The zero-order valence-electron chi connectivity index (χ0n) is 16.7. The molecule has 2 rings (SSSR count). The lowest BCUT2D eigenvalue weighted by Gasteiger charge is -2.09. The number of benzene rings is 1. The van der Waals surface area contributed by atoms with Gasteiger partial charge in [-0.3, -0.25) is 0 Å². The minimum atomic E-state index is 0.239. The van der Waals surface area contributed by atoms with Crippen molar-refractivity contribution in [1.82, 2.24) is 9.97 Å². The number of carbonyl (C=O) groups excluding carboxylic acids is 1. The number of aromatic nitrogens is 2. The van der Waals surface area contributed by atoms with Crippen LogP contribution < -0.4 is 4.74 Å². The van der Waals surface area contributed by atoms with Gasteiger partial charge in [0.1, 0.15) is 5.78 Å². The lowest BCUT2D eigenvalue weighted by Crippen LogP contribution is -2.04. The summed E-state index contributed by atoms with van der Waals surface area (Å²) in [5, 5.41) is 0. The fourth-order valence-corrected chi connectivity index (χ4v) is 2.67. The van der Waals surface area contributed by atoms with Crippen LogP contribution in [0.2, 0.25) is 0 Å². The molecule has 0 N–H and O–H groups in total. The third kappa shape index (κ3) is 8.04. The van der Waals surface area contributed by atoms with Gasteiger partial charge in [0.15, 0.2) is 0 Å². The molecule has 1 aromatic carbocycles. The largest absolute Gasteiger partial charge is 0.463 e. The van der Waals surface area contributed by atoms with E-state index in [0.29, 0.717) is 30.9 Å². The third-order valence-electron chi connectivity index (χ3n) is 4.08. The molecule has 1 unspecified atom stereocenters. The van der Waals surface area contributed by atoms with Crippen molar-refractivity contribution >= 4 is 5.78 Å². The van der Waals surface area contributed by atoms with Crippen molar-refractivity contribution < 1.29 is 9.53 Å². The lowest BCUT2D eigenvalue weighted by atomic mass is 9.96. The Bertz CT molecular complexity index is 784. The average molecular weight is 364 g/mol. The molecule has 4 heteroatoms. The summed E-state index contributed by atoms with van der Waals surface area (Å²) in [4.78, 5) is 19.6. The second-order valence-electron chi connectivity index (χ2n) is 7.45. The quantitative estimate of drug-likeness (QED) is 0.649. The number of ketones is 1. The second kappa shape index (κ2) is 10.5. The second-order valence-corrected chi connectivity index (χ2v) is 7.45. The highest BCUT2D eigenvalue weighted by molar-refractivity contribution is 5.75. The zero-order chi connectivity index (χ0) is 19.6. The summed E-state index contributed by atoms with van der Waals surface area (Å²) in [6, 6.07) is 8.55. The van der Waals surface area contributed by atoms with Crippen molar-refractivity contribution in [2.24, 2.45) is 11.8 Å². The van der Waals surface area contributed by atoms with Crippen molar-refractivity contribution in [3.8, 4) is 17.9 Å². The molecular weight excluding hydrogens is 336 g/mol. The van der Waals surface area contributed by atoms with Gasteiger partial charge >= 0.3 is 6.01 Å². The Labute approximate surface area is 162 Å². The van der Waals surface area contributed by atoms with Crippen molar-refractivity contribution in [1.29, 1.82) is 0 Å². The number of rotatable bonds is 8. The van der Waals surface area contributed by atoms with Gasteiger partial charge in [0.05, 0.1) is 12.2 Å². The van der Waals surface area contributed by atoms with Gasteiger partial charge in [-0.2, -0.15) is 0 Å². The molecule has 0 spiro atoms. The van der Waals surface area contributed by atoms with Crippen molar-refractivity contribution in [3.63, 3.8) is 0 Å². The Hall–Kier alpha value is -2.67. The molecule has 4 nitrogen and oxygen atoms in total. The maximum absolute atomic E-state index is 11.2. The van der Waals surface area contributed by atoms with E-state index in [1.54, 1.807) is 19.3 Å². The first-order chi connectivity index (χ1) is 12.9. The SMILES string of the molecule is CC(=O)CC(C)Cc1ccc(C#Cc2cnc(OCCC(C)C)nc2)cc1. The van der Waals surface area contributed by atoms with Crippen LogP contribution in [0.25, 0.3) is 0 Å². The van der Waals surface area contributed by atoms with Crippen molar-refractivity contribution in [2.75, 3.05) is 6.61 Å². The standard InChI is InChI=1S/C23H28N2O2/c1-17(2)11-12-27-23-24-15-22(16-25-23)10-7-20-5-8-21(9-6-20)14-18(3)13-19(4)26/h5-6,8-9,15-18H,11-14H2,1-4H3. The van der Waals surface area contributed by atoms with E-state index < -0.39 is 0 Å². The molecular formula is C23H28N2O2. The van der Waals surface area contributed by atoms with Crippen LogP contribution in [0, 0.1) is 23.7 Å². The molecule has 0 fully saturated rings. The fourth-order valence-electron chi connectivity index (χ4n) is 2.67. The van der Waals surface area contributed by atoms with Crippen LogP contribution in [0.4, 0.5) is 0 Å². The Morgan fingerprint density at radius 2 is 1.67 bits per heavy atom. The number of nitrogens with zero attached hydrogens (tertiary/aromatic N) is 2. The van der Waals surface area contributed by atoms with Gasteiger partial charge in [-0.15, -0.1) is 0 Å². The molecule has 0 aliphatic rings. The first-order valence-electron chi connectivity index (χ1n) is 9.47. The first-order valence-corrected chi connectivity index (χ1v) is 9.47. The lowest BCUT2D eigenvalue weighted by molar-refractivity contribution is -0.117. The highest BCUT2D eigenvalue weighted by Crippen LogP contribution is 2.13. The summed E-state index contributed by atoms with van der Waals surface area (Å²) in [7, 11) is 0. The van der Waals surface area contributed by atoms with Crippen LogP contribution in [0.5, 0.6) is 6.01 Å². The van der Waals surface area contributed by atoms with E-state index in [0.717, 1.165) is 24.0 Å². The third-order valence-corrected chi connectivity index (χ3v) is 4.08. The summed E-state index contributed by atoms with van der Waals surface area (Å²) in [5.74, 6) is 7.39. The predicted molar refractivity (Wildman–Crippen MR) is 108 cm³/mol. The maximum atomic E-state index is 11.2. The topological polar surface area (TPSA) is 52.1 Å². The minimum Gasteiger partial charge on any atom is -0.463 e. The molecule has 27 heavy (non-hydrogen) atoms. The van der Waals surface area contributed by atoms with Crippen LogP contribution in [0.3, 0.4) is 0 Å². The molecule has 2 aromatic rings. The number of hydrogen-bond donors (Lipinski definition) is 0. The molecule has 1 aromatic heterocycles. The Kier molecular flexibility index (Phi) is 8.00. The van der Waals surface area contributed by atoms with E-state index in [9.17, 15) is 4.79 Å². The number of Topliss-reactive ketones (excluding diaryl/α,β-unsaturated/α-hetero) is 1. The molecule has 0 saturated carbocycles. The van der Waals surface area contributed by atoms with E-state index in [2.05, 4.69) is 54.7 Å². The first kappa shape index (κ1) is 20.6. The highest BCUT2D eigenvalue weighted by atomic mass is 16.5. The Morgan fingerprint density at radius 1 is 1.04 bits per heavy atom. The van der Waals surface area contributed by atoms with Crippen molar-refractivity contribution in [3.05, 3.63) is 53.3 Å². The van der Waals surface area contributed by atoms with E-state index in [1.807, 2.05) is 12.1 Å². The van der Waals surface area contributed by atoms with Crippen molar-refractivity contribution in [2.45, 2.75) is 47.0 Å². The number of ether oxygens (including phenoxy) is 1. The zero-order valence-corrected chi connectivity index (χ0v) is 16.7. The van der Waals surface area contributed by atoms with E-state index in [1.165, 1.54) is 5.56 Å². The predicted octanol–water partition coefficient (Wildman–Crippen LogP) is 4.46. The fraction of sp³-hybridized carbons (Fsp3) is 0.435. The van der Waals surface area contributed by atoms with Gasteiger partial charge in [0.2, 0.25) is 0 Å². The summed E-state index contributed by atoms with van der Waals surface area (Å²) in [6.45, 7) is 8.68. The molecule has 142 valence electrons. The molecule has 0 saturated heterocycles. The monoisotopic (exact) mass is 364 g/mol. The number of carbonyl (C=O) groups is 1. The Balaban J connectivity index is 1.90. The normalized spacial score (nSPS) is 11.6. The van der Waals surface area contributed by atoms with Crippen LogP contribution in [-0.2, 0) is 11.2 Å². The highest BCUT2D eigenvalue weighted by Gasteiger charge is 2.06. The van der Waals surface area contributed by atoms with E-state index in [-0.39, 0.29) is 5.78 Å². The molecule has 0 bridgehead atoms. The summed E-state index contributed by atoms with van der Waals surface area (Å²) >= 11 is 0. The molecule has 1 atom stereocenters. The van der Waals surface area contributed by atoms with Crippen LogP contribution >= 0.6 is 0 Å². The van der Waals surface area contributed by atoms with Gasteiger partial charge in [0, 0.05) is 24.4 Å². The minimum absolute atomic E-state index is 0.239. The van der Waals surface area contributed by atoms with Crippen LogP contribution in [0.1, 0.15) is 57.2 Å². The van der Waals surface area contributed by atoms with Crippen LogP contribution in [0.15, 0.2) is 36.7 Å². The molecule has 0 radical (unpaired) electrons. The van der Waals surface area contributed by atoms with E-state index >= 15 is 0 Å². The summed E-state index contributed by atoms with van der Waals surface area (Å²) < 4.78 is 5.51. The van der Waals surface area contributed by atoms with Gasteiger partial charge in [-0.1, -0.05) is 44.7 Å². The number of hydrogen-bond acceptors (Lipinski definition) is 4. The van der Waals surface area contributed by atoms with E-state index in [4.69, 9.17) is 4.74 Å². The molecule has 0 aliphatic carbocycles. The van der Waals surface area contributed by atoms with Gasteiger partial charge in [-0.25, -0.2) is 9.97 Å². The van der Waals surface area contributed by atoms with Gasteiger partial charge < -0.3 is 9.53 Å². The van der Waals surface area contributed by atoms with Gasteiger partial charge in [-0.05, 0) is 49.3 Å². The van der Waals surface area contributed by atoms with Gasteiger partial charge in [0.25, 0.3) is 0 Å². The molecule has 1 heterocycles. The average Bonchev–Trinajstić information content (AvgIpc) is 2.61. The van der Waals surface area contributed by atoms with Crippen LogP contribution in [-0.4, -0.2) is 22.4 Å².